The Morgan fingerprint density at radius 1 is 0.882 bits per heavy atom. The molecule has 34 heavy (non-hydrogen) atoms. The molecule has 5 rings (SSSR count). The summed E-state index contributed by atoms with van der Waals surface area (Å²) in [5.74, 6) is -0.584. The van der Waals surface area contributed by atoms with Crippen molar-refractivity contribution in [2.75, 3.05) is 5.32 Å². The number of hydrogen-bond acceptors (Lipinski definition) is 3. The second-order valence-corrected chi connectivity index (χ2v) is 8.49. The molecule has 1 aliphatic heterocycles. The lowest BCUT2D eigenvalue weighted by atomic mass is 9.88. The number of hydrogen-bond donors (Lipinski definition) is 2. The van der Waals surface area contributed by atoms with Gasteiger partial charge in [-0.15, -0.1) is 0 Å². The lowest BCUT2D eigenvalue weighted by Crippen LogP contribution is -2.41. The third-order valence-corrected chi connectivity index (χ3v) is 6.16. The molecule has 4 amide bonds. The van der Waals surface area contributed by atoms with Crippen LogP contribution < -0.4 is 10.6 Å². The van der Waals surface area contributed by atoms with Crippen molar-refractivity contribution < 1.29 is 14.4 Å². The van der Waals surface area contributed by atoms with E-state index in [2.05, 4.69) is 10.6 Å². The fraction of sp³-hybridized carbons (Fsp3) is 0.107. The summed E-state index contributed by atoms with van der Waals surface area (Å²) in [4.78, 5) is 40.3. The van der Waals surface area contributed by atoms with E-state index in [4.69, 9.17) is 0 Å². The monoisotopic (exact) mass is 449 g/mol. The summed E-state index contributed by atoms with van der Waals surface area (Å²) in [5, 5.41) is 7.65. The number of carbonyl (C=O) groups is 3. The number of rotatable bonds is 5. The third kappa shape index (κ3) is 3.79. The molecule has 0 aromatic heterocycles. The van der Waals surface area contributed by atoms with Crippen LogP contribution in [-0.2, 0) is 16.9 Å². The zero-order valence-electron chi connectivity index (χ0n) is 18.6. The zero-order chi connectivity index (χ0) is 23.7. The maximum Gasteiger partial charge on any atom is 0.325 e. The van der Waals surface area contributed by atoms with Gasteiger partial charge in [-0.05, 0) is 53.1 Å². The van der Waals surface area contributed by atoms with E-state index >= 15 is 0 Å². The molecule has 1 atom stereocenters. The molecule has 2 N–H and O–H groups in total. The number of nitrogens with one attached hydrogen (secondary N) is 2. The van der Waals surface area contributed by atoms with Gasteiger partial charge in [-0.3, -0.25) is 14.5 Å². The van der Waals surface area contributed by atoms with Crippen LogP contribution >= 0.6 is 0 Å². The zero-order valence-corrected chi connectivity index (χ0v) is 18.6. The van der Waals surface area contributed by atoms with Crippen LogP contribution in [0.3, 0.4) is 0 Å². The molecule has 0 radical (unpaired) electrons. The Labute approximate surface area is 197 Å². The van der Waals surface area contributed by atoms with E-state index in [-0.39, 0.29) is 18.4 Å². The minimum Gasteiger partial charge on any atom is -0.322 e. The van der Waals surface area contributed by atoms with E-state index in [1.165, 1.54) is 4.90 Å². The number of urea groups is 1. The molecule has 1 unspecified atom stereocenters. The highest BCUT2D eigenvalue weighted by Gasteiger charge is 2.49. The van der Waals surface area contributed by atoms with Gasteiger partial charge in [-0.2, -0.15) is 0 Å². The lowest BCUT2D eigenvalue weighted by Gasteiger charge is -2.24. The number of anilines is 1. The SMILES string of the molecule is CC1(c2cccc3ccccc23)NC(=O)N(Cc2cccc(C(=O)Nc3ccccc3)c2)C1=O. The van der Waals surface area contributed by atoms with Crippen LogP contribution in [0.25, 0.3) is 10.8 Å². The van der Waals surface area contributed by atoms with Gasteiger partial charge < -0.3 is 10.6 Å². The number of nitrogens with zero attached hydrogens (tertiary/aromatic N) is 1. The Hall–Kier alpha value is -4.45. The van der Waals surface area contributed by atoms with Gasteiger partial charge in [0.25, 0.3) is 11.8 Å². The fourth-order valence-electron chi connectivity index (χ4n) is 4.40. The summed E-state index contributed by atoms with van der Waals surface area (Å²) in [5.41, 5.74) is 1.40. The van der Waals surface area contributed by atoms with E-state index < -0.39 is 11.6 Å². The first kappa shape index (κ1) is 21.4. The Kier molecular flexibility index (Phi) is 5.34. The first-order chi connectivity index (χ1) is 16.5. The first-order valence-corrected chi connectivity index (χ1v) is 11.0. The highest BCUT2D eigenvalue weighted by atomic mass is 16.2. The molecule has 168 valence electrons. The van der Waals surface area contributed by atoms with Crippen LogP contribution in [0.15, 0.2) is 97.1 Å². The molecule has 6 nitrogen and oxygen atoms in total. The van der Waals surface area contributed by atoms with Crippen molar-refractivity contribution in [3.8, 4) is 0 Å². The van der Waals surface area contributed by atoms with Crippen LogP contribution in [0.1, 0.15) is 28.4 Å². The molecule has 1 heterocycles. The highest BCUT2D eigenvalue weighted by molar-refractivity contribution is 6.09. The van der Waals surface area contributed by atoms with Crippen molar-refractivity contribution in [3.63, 3.8) is 0 Å². The molecular weight excluding hydrogens is 426 g/mol. The van der Waals surface area contributed by atoms with Crippen molar-refractivity contribution in [1.82, 2.24) is 10.2 Å². The average molecular weight is 450 g/mol. The highest BCUT2D eigenvalue weighted by Crippen LogP contribution is 2.34. The second kappa shape index (κ2) is 8.48. The van der Waals surface area contributed by atoms with Crippen LogP contribution in [-0.4, -0.2) is 22.7 Å². The molecule has 0 spiro atoms. The summed E-state index contributed by atoms with van der Waals surface area (Å²) >= 11 is 0. The molecule has 0 saturated carbocycles. The normalized spacial score (nSPS) is 17.6. The molecule has 4 aromatic carbocycles. The Morgan fingerprint density at radius 2 is 1.59 bits per heavy atom. The summed E-state index contributed by atoms with van der Waals surface area (Å²) < 4.78 is 0. The maximum absolute atomic E-state index is 13.5. The van der Waals surface area contributed by atoms with E-state index in [9.17, 15) is 14.4 Å². The average Bonchev–Trinajstić information content (AvgIpc) is 3.08. The van der Waals surface area contributed by atoms with Gasteiger partial charge in [0.05, 0.1) is 6.54 Å². The number of imide groups is 1. The summed E-state index contributed by atoms with van der Waals surface area (Å²) in [6, 6.07) is 29.2. The predicted octanol–water partition coefficient (Wildman–Crippen LogP) is 5.06. The van der Waals surface area contributed by atoms with Gasteiger partial charge in [0.15, 0.2) is 0 Å². The van der Waals surface area contributed by atoms with Crippen molar-refractivity contribution in [2.45, 2.75) is 19.0 Å². The number of amides is 4. The molecule has 4 aromatic rings. The minimum absolute atomic E-state index is 0.0669. The quantitative estimate of drug-likeness (QED) is 0.418. The third-order valence-electron chi connectivity index (χ3n) is 6.16. The van der Waals surface area contributed by atoms with Gasteiger partial charge in [0, 0.05) is 11.3 Å². The molecule has 1 fully saturated rings. The second-order valence-electron chi connectivity index (χ2n) is 8.49. The number of benzene rings is 4. The molecule has 1 aliphatic rings. The molecule has 1 saturated heterocycles. The van der Waals surface area contributed by atoms with Gasteiger partial charge >= 0.3 is 6.03 Å². The topological polar surface area (TPSA) is 78.5 Å². The van der Waals surface area contributed by atoms with Crippen molar-refractivity contribution in [1.29, 1.82) is 0 Å². The standard InChI is InChI=1S/C28H23N3O3/c1-28(24-16-8-11-20-10-5-6-15-23(20)24)26(33)31(27(34)30-28)18-19-9-7-12-21(17-19)25(32)29-22-13-3-2-4-14-22/h2-17H,18H2,1H3,(H,29,32)(H,30,34). The number of para-hydroxylation sites is 1. The van der Waals surface area contributed by atoms with Gasteiger partial charge in [0.1, 0.15) is 5.54 Å². The van der Waals surface area contributed by atoms with Gasteiger partial charge in [0.2, 0.25) is 0 Å². The first-order valence-electron chi connectivity index (χ1n) is 11.0. The smallest absolute Gasteiger partial charge is 0.322 e. The van der Waals surface area contributed by atoms with Crippen molar-refractivity contribution in [3.05, 3.63) is 114 Å². The summed E-state index contributed by atoms with van der Waals surface area (Å²) in [6.45, 7) is 1.80. The Bertz CT molecular complexity index is 1410. The van der Waals surface area contributed by atoms with Gasteiger partial charge in [-0.1, -0.05) is 72.8 Å². The van der Waals surface area contributed by atoms with Gasteiger partial charge in [-0.25, -0.2) is 4.79 Å². The van der Waals surface area contributed by atoms with E-state index in [0.29, 0.717) is 16.8 Å². The minimum atomic E-state index is -1.18. The molecule has 0 bridgehead atoms. The number of carbonyl (C=O) groups excluding carboxylic acids is 3. The maximum atomic E-state index is 13.5. The summed E-state index contributed by atoms with van der Waals surface area (Å²) in [7, 11) is 0. The van der Waals surface area contributed by atoms with Crippen LogP contribution in [0, 0.1) is 0 Å². The van der Waals surface area contributed by atoms with Crippen molar-refractivity contribution in [2.24, 2.45) is 0 Å². The predicted molar refractivity (Wildman–Crippen MR) is 131 cm³/mol. The van der Waals surface area contributed by atoms with E-state index in [0.717, 1.165) is 16.3 Å². The Morgan fingerprint density at radius 3 is 2.41 bits per heavy atom. The molecule has 0 aliphatic carbocycles. The van der Waals surface area contributed by atoms with E-state index in [1.807, 2.05) is 72.8 Å². The molecular formula is C28H23N3O3. The number of fused-ring (bicyclic) bond motifs is 1. The fourth-order valence-corrected chi connectivity index (χ4v) is 4.40. The lowest BCUT2D eigenvalue weighted by molar-refractivity contribution is -0.131. The molecule has 6 heteroatoms. The summed E-state index contributed by atoms with van der Waals surface area (Å²) in [6.07, 6.45) is 0. The Balaban J connectivity index is 1.39. The van der Waals surface area contributed by atoms with Crippen molar-refractivity contribution >= 4 is 34.3 Å². The van der Waals surface area contributed by atoms with Crippen LogP contribution in [0.5, 0.6) is 0 Å². The largest absolute Gasteiger partial charge is 0.325 e. The van der Waals surface area contributed by atoms with E-state index in [1.54, 1.807) is 31.2 Å². The van der Waals surface area contributed by atoms with Crippen LogP contribution in [0.4, 0.5) is 10.5 Å². The van der Waals surface area contributed by atoms with Crippen LogP contribution in [0.2, 0.25) is 0 Å².